The van der Waals surface area contributed by atoms with Crippen molar-refractivity contribution >= 4 is 5.97 Å². The Balaban J connectivity index is 1.12. The first-order chi connectivity index (χ1) is 18.2. The second-order valence-electron chi connectivity index (χ2n) is 13.7. The third-order valence-corrected chi connectivity index (χ3v) is 12.1. The molecule has 0 radical (unpaired) electrons. The summed E-state index contributed by atoms with van der Waals surface area (Å²) in [7, 11) is 1.44. The molecule has 0 bridgehead atoms. The SMILES string of the molecule is COC(=O)[C@H](Cc1ccccc1)NC[C@@]1(O)CC[C@@]2(C)[C@@H](CC[C@@H]3[C@@H]2CC[C@@]2(C)[C@H]3CCC23OCCO3)C1. The van der Waals surface area contributed by atoms with Crippen LogP contribution < -0.4 is 5.32 Å². The highest BCUT2D eigenvalue weighted by molar-refractivity contribution is 5.76. The lowest BCUT2D eigenvalue weighted by molar-refractivity contribution is -0.249. The van der Waals surface area contributed by atoms with E-state index in [1.807, 2.05) is 30.3 Å². The fraction of sp³-hybridized carbons (Fsp3) is 0.781. The molecule has 38 heavy (non-hydrogen) atoms. The quantitative estimate of drug-likeness (QED) is 0.516. The van der Waals surface area contributed by atoms with E-state index in [0.717, 1.165) is 50.4 Å². The molecule has 210 valence electrons. The first-order valence-electron chi connectivity index (χ1n) is 15.1. The van der Waals surface area contributed by atoms with Crippen LogP contribution >= 0.6 is 0 Å². The van der Waals surface area contributed by atoms with E-state index in [1.54, 1.807) is 0 Å². The number of hydrogen-bond acceptors (Lipinski definition) is 6. The molecule has 5 fully saturated rings. The Kier molecular flexibility index (Phi) is 6.94. The molecule has 6 rings (SSSR count). The van der Waals surface area contributed by atoms with Gasteiger partial charge in [0.2, 0.25) is 0 Å². The molecule has 4 saturated carbocycles. The number of ether oxygens (including phenoxy) is 3. The van der Waals surface area contributed by atoms with Gasteiger partial charge < -0.3 is 24.6 Å². The molecule has 0 amide bonds. The molecular weight excluding hydrogens is 478 g/mol. The number of benzene rings is 1. The molecular formula is C32H47NO5. The number of rotatable bonds is 6. The fourth-order valence-electron chi connectivity index (χ4n) is 9.91. The molecule has 0 aromatic heterocycles. The van der Waals surface area contributed by atoms with Crippen molar-refractivity contribution in [2.24, 2.45) is 34.5 Å². The highest BCUT2D eigenvalue weighted by atomic mass is 16.7. The number of hydrogen-bond donors (Lipinski definition) is 2. The predicted octanol–water partition coefficient (Wildman–Crippen LogP) is 4.88. The molecule has 1 spiro atoms. The summed E-state index contributed by atoms with van der Waals surface area (Å²) < 4.78 is 17.7. The number of nitrogens with one attached hydrogen (secondary N) is 1. The Morgan fingerprint density at radius 1 is 1.03 bits per heavy atom. The van der Waals surface area contributed by atoms with E-state index in [4.69, 9.17) is 14.2 Å². The van der Waals surface area contributed by atoms with Gasteiger partial charge in [0.25, 0.3) is 0 Å². The van der Waals surface area contributed by atoms with Crippen molar-refractivity contribution < 1.29 is 24.1 Å². The van der Waals surface area contributed by atoms with E-state index >= 15 is 0 Å². The minimum Gasteiger partial charge on any atom is -0.468 e. The van der Waals surface area contributed by atoms with Crippen LogP contribution in [0.15, 0.2) is 30.3 Å². The van der Waals surface area contributed by atoms with Gasteiger partial charge in [-0.15, -0.1) is 0 Å². The van der Waals surface area contributed by atoms with Crippen molar-refractivity contribution in [3.05, 3.63) is 35.9 Å². The summed E-state index contributed by atoms with van der Waals surface area (Å²) in [6.07, 6.45) is 10.4. The Morgan fingerprint density at radius 2 is 1.76 bits per heavy atom. The van der Waals surface area contributed by atoms with Crippen molar-refractivity contribution in [1.82, 2.24) is 5.32 Å². The van der Waals surface area contributed by atoms with Crippen molar-refractivity contribution in [3.8, 4) is 0 Å². The van der Waals surface area contributed by atoms with Crippen LogP contribution in [0.2, 0.25) is 0 Å². The van der Waals surface area contributed by atoms with Crippen molar-refractivity contribution in [3.63, 3.8) is 0 Å². The molecule has 1 aromatic carbocycles. The average Bonchev–Trinajstić information content (AvgIpc) is 3.52. The minimum atomic E-state index is -0.786. The van der Waals surface area contributed by atoms with E-state index in [0.29, 0.717) is 30.7 Å². The molecule has 4 aliphatic carbocycles. The lowest BCUT2D eigenvalue weighted by Crippen LogP contribution is -2.59. The van der Waals surface area contributed by atoms with Gasteiger partial charge in [-0.05, 0) is 92.4 Å². The third kappa shape index (κ3) is 4.25. The Bertz CT molecular complexity index is 1010. The van der Waals surface area contributed by atoms with E-state index in [-0.39, 0.29) is 22.6 Å². The van der Waals surface area contributed by atoms with Crippen LogP contribution in [0.1, 0.15) is 77.2 Å². The van der Waals surface area contributed by atoms with E-state index in [2.05, 4.69) is 19.2 Å². The Hall–Kier alpha value is -1.47. The zero-order valence-corrected chi connectivity index (χ0v) is 23.5. The van der Waals surface area contributed by atoms with Crippen LogP contribution in [0.5, 0.6) is 0 Å². The smallest absolute Gasteiger partial charge is 0.323 e. The molecule has 0 unspecified atom stereocenters. The fourth-order valence-corrected chi connectivity index (χ4v) is 9.91. The van der Waals surface area contributed by atoms with E-state index < -0.39 is 11.6 Å². The highest BCUT2D eigenvalue weighted by Gasteiger charge is 2.67. The van der Waals surface area contributed by atoms with Gasteiger partial charge in [-0.2, -0.15) is 0 Å². The zero-order chi connectivity index (χ0) is 26.6. The molecule has 6 heteroatoms. The van der Waals surface area contributed by atoms with E-state index in [1.165, 1.54) is 39.2 Å². The van der Waals surface area contributed by atoms with Gasteiger partial charge in [-0.25, -0.2) is 0 Å². The topological polar surface area (TPSA) is 77.0 Å². The summed E-state index contributed by atoms with van der Waals surface area (Å²) in [6, 6.07) is 9.56. The standard InChI is InChI=1S/C32H47NO5/c1-29-15-16-31(35,21-33-27(28(34)36-3)19-22-7-5-4-6-8-22)20-23(29)9-10-24-25(29)11-13-30(2)26(24)12-14-32(30)37-17-18-38-32/h4-8,23-27,33,35H,9-21H2,1-3H3/t23-,24+,25-,26-,27-,29-,30-,31+/m0/s1. The Labute approximate surface area is 228 Å². The molecule has 5 aliphatic rings. The number of methoxy groups -OCH3 is 1. The molecule has 8 atom stereocenters. The lowest BCUT2D eigenvalue weighted by atomic mass is 9.44. The largest absolute Gasteiger partial charge is 0.468 e. The summed E-state index contributed by atoms with van der Waals surface area (Å²) in [5.41, 5.74) is 0.708. The third-order valence-electron chi connectivity index (χ3n) is 12.1. The molecule has 6 nitrogen and oxygen atoms in total. The zero-order valence-electron chi connectivity index (χ0n) is 23.5. The Morgan fingerprint density at radius 3 is 2.50 bits per heavy atom. The monoisotopic (exact) mass is 525 g/mol. The van der Waals surface area contributed by atoms with Crippen LogP contribution in [-0.2, 0) is 25.4 Å². The highest BCUT2D eigenvalue weighted by Crippen LogP contribution is 2.69. The van der Waals surface area contributed by atoms with Crippen LogP contribution in [0.25, 0.3) is 0 Å². The summed E-state index contributed by atoms with van der Waals surface area (Å²) in [5.74, 6) is 2.05. The minimum absolute atomic E-state index is 0.134. The number of aliphatic hydroxyl groups is 1. The second-order valence-corrected chi connectivity index (χ2v) is 13.7. The van der Waals surface area contributed by atoms with Gasteiger partial charge in [-0.3, -0.25) is 4.79 Å². The van der Waals surface area contributed by atoms with E-state index in [9.17, 15) is 9.90 Å². The molecule has 2 N–H and O–H groups in total. The summed E-state index contributed by atoms with van der Waals surface area (Å²) in [4.78, 5) is 12.6. The van der Waals surface area contributed by atoms with Gasteiger partial charge in [0, 0.05) is 18.4 Å². The van der Waals surface area contributed by atoms with Crippen LogP contribution in [0.4, 0.5) is 0 Å². The first kappa shape index (κ1) is 26.7. The van der Waals surface area contributed by atoms with Crippen LogP contribution in [0, 0.1) is 34.5 Å². The number of fused-ring (bicyclic) bond motifs is 6. The summed E-state index contributed by atoms with van der Waals surface area (Å²) >= 11 is 0. The number of carbonyl (C=O) groups excluding carboxylic acids is 1. The molecule has 1 saturated heterocycles. The average molecular weight is 526 g/mol. The molecule has 1 aliphatic heterocycles. The van der Waals surface area contributed by atoms with Gasteiger partial charge in [0.05, 0.1) is 25.9 Å². The van der Waals surface area contributed by atoms with Gasteiger partial charge in [0.15, 0.2) is 5.79 Å². The number of esters is 1. The van der Waals surface area contributed by atoms with Gasteiger partial charge in [0.1, 0.15) is 6.04 Å². The molecule has 1 aromatic rings. The lowest BCUT2D eigenvalue weighted by Gasteiger charge is -2.62. The maximum Gasteiger partial charge on any atom is 0.323 e. The van der Waals surface area contributed by atoms with Crippen LogP contribution in [-0.4, -0.2) is 55.4 Å². The van der Waals surface area contributed by atoms with Gasteiger partial charge >= 0.3 is 5.97 Å². The maximum atomic E-state index is 12.6. The second kappa shape index (κ2) is 9.87. The first-order valence-corrected chi connectivity index (χ1v) is 15.1. The number of carbonyl (C=O) groups is 1. The maximum absolute atomic E-state index is 12.6. The molecule has 1 heterocycles. The van der Waals surface area contributed by atoms with Gasteiger partial charge in [-0.1, -0.05) is 44.2 Å². The van der Waals surface area contributed by atoms with Crippen LogP contribution in [0.3, 0.4) is 0 Å². The summed E-state index contributed by atoms with van der Waals surface area (Å²) in [5, 5.41) is 15.2. The normalized spacial score (nSPS) is 42.2. The summed E-state index contributed by atoms with van der Waals surface area (Å²) in [6.45, 7) is 6.90. The predicted molar refractivity (Wildman–Crippen MR) is 145 cm³/mol. The van der Waals surface area contributed by atoms with Crippen molar-refractivity contribution in [2.75, 3.05) is 26.9 Å². The van der Waals surface area contributed by atoms with Crippen molar-refractivity contribution in [1.29, 1.82) is 0 Å². The van der Waals surface area contributed by atoms with Crippen molar-refractivity contribution in [2.45, 2.75) is 95.5 Å².